The summed E-state index contributed by atoms with van der Waals surface area (Å²) in [7, 11) is 1.59. The molecule has 0 spiro atoms. The van der Waals surface area contributed by atoms with Crippen LogP contribution in [0, 0.1) is 5.92 Å². The minimum Gasteiger partial charge on any atom is -0.368 e. The Morgan fingerprint density at radius 3 is 1.86 bits per heavy atom. The number of H-pyrrole nitrogens is 2. The van der Waals surface area contributed by atoms with Crippen LogP contribution in [-0.4, -0.2) is 132 Å². The van der Waals surface area contributed by atoms with Crippen molar-refractivity contribution in [2.45, 2.75) is 57.3 Å². The molecule has 0 saturated carbocycles. The van der Waals surface area contributed by atoms with E-state index >= 15 is 0 Å². The first-order valence-electron chi connectivity index (χ1n) is 18.2. The summed E-state index contributed by atoms with van der Waals surface area (Å²) in [5.41, 5.74) is 7.51. The summed E-state index contributed by atoms with van der Waals surface area (Å²) in [6.45, 7) is 1.74. The van der Waals surface area contributed by atoms with Crippen LogP contribution in [-0.2, 0) is 51.2 Å². The third-order valence-electron chi connectivity index (χ3n) is 8.54. The number of hydrogen-bond donors (Lipinski definition) is 11. The lowest BCUT2D eigenvalue weighted by Crippen LogP contribution is -2.56. The molecule has 3 rings (SSSR count). The summed E-state index contributed by atoms with van der Waals surface area (Å²) in [6, 6.07) is 3.26. The Labute approximate surface area is 333 Å². The molecule has 0 radical (unpaired) electrons. The molecule has 3 aromatic rings. The third kappa shape index (κ3) is 15.2. The van der Waals surface area contributed by atoms with Gasteiger partial charge in [-0.05, 0) is 43.0 Å². The summed E-state index contributed by atoms with van der Waals surface area (Å²) < 4.78 is 0. The fourth-order valence-corrected chi connectivity index (χ4v) is 6.06. The highest BCUT2D eigenvalue weighted by atomic mass is 32.2. The molecular weight excluding hydrogens is 761 g/mol. The van der Waals surface area contributed by atoms with Crippen LogP contribution < -0.4 is 48.3 Å². The maximum Gasteiger partial charge on any atom is 0.243 e. The van der Waals surface area contributed by atoms with E-state index < -0.39 is 97.0 Å². The first-order valence-corrected chi connectivity index (χ1v) is 19.6. The highest BCUT2D eigenvalue weighted by molar-refractivity contribution is 7.98. The second-order valence-corrected chi connectivity index (χ2v) is 14.3. The minimum absolute atomic E-state index is 0.0308. The van der Waals surface area contributed by atoms with Crippen LogP contribution in [0.4, 0.5) is 0 Å². The van der Waals surface area contributed by atoms with Crippen molar-refractivity contribution >= 4 is 69.9 Å². The zero-order valence-corrected chi connectivity index (χ0v) is 33.1. The second kappa shape index (κ2) is 23.2. The van der Waals surface area contributed by atoms with Crippen LogP contribution in [0.5, 0.6) is 0 Å². The van der Waals surface area contributed by atoms with Crippen LogP contribution in [0.15, 0.2) is 43.0 Å². The summed E-state index contributed by atoms with van der Waals surface area (Å²) >= 11 is 1.47. The predicted molar refractivity (Wildman–Crippen MR) is 212 cm³/mol. The Bertz CT molecular complexity index is 1850. The lowest BCUT2D eigenvalue weighted by molar-refractivity contribution is -0.133. The molecule has 310 valence electrons. The summed E-state index contributed by atoms with van der Waals surface area (Å²) in [6.07, 6.45) is 6.84. The quantitative estimate of drug-likeness (QED) is 0.0436. The molecule has 8 amide bonds. The normalized spacial score (nSPS) is 13.1. The molecule has 57 heavy (non-hydrogen) atoms. The Morgan fingerprint density at radius 2 is 1.30 bits per heavy atom. The number of nitrogens with one attached hydrogen (secondary N) is 10. The van der Waals surface area contributed by atoms with Crippen molar-refractivity contribution in [3.8, 4) is 0 Å². The van der Waals surface area contributed by atoms with E-state index in [1.165, 1.54) is 24.3 Å². The van der Waals surface area contributed by atoms with E-state index in [2.05, 4.69) is 57.5 Å². The number of carbonyl (C=O) groups excluding carboxylic acids is 8. The second-order valence-electron chi connectivity index (χ2n) is 13.4. The van der Waals surface area contributed by atoms with E-state index in [9.17, 15) is 38.4 Å². The number of amides is 8. The molecule has 12 N–H and O–H groups in total. The molecule has 4 atom stereocenters. The molecule has 2 heterocycles. The lowest BCUT2D eigenvalue weighted by atomic mass is 10.0. The number of carbonyl (C=O) groups is 8. The van der Waals surface area contributed by atoms with Crippen LogP contribution in [0.2, 0.25) is 0 Å². The third-order valence-corrected chi connectivity index (χ3v) is 9.19. The van der Waals surface area contributed by atoms with Gasteiger partial charge in [0.05, 0.1) is 32.5 Å². The maximum atomic E-state index is 13.3. The van der Waals surface area contributed by atoms with Gasteiger partial charge in [-0.25, -0.2) is 4.98 Å². The van der Waals surface area contributed by atoms with E-state index in [0.29, 0.717) is 17.9 Å². The first-order chi connectivity index (χ1) is 27.2. The summed E-state index contributed by atoms with van der Waals surface area (Å²) in [5, 5.41) is 21.3. The molecule has 20 nitrogen and oxygen atoms in total. The smallest absolute Gasteiger partial charge is 0.243 e. The molecule has 0 bridgehead atoms. The van der Waals surface area contributed by atoms with Crippen molar-refractivity contribution in [1.29, 1.82) is 0 Å². The molecule has 0 unspecified atom stereocenters. The Kier molecular flexibility index (Phi) is 18.5. The fourth-order valence-electron chi connectivity index (χ4n) is 5.59. The van der Waals surface area contributed by atoms with Gasteiger partial charge in [-0.2, -0.15) is 11.8 Å². The Hall–Kier alpha value is -5.96. The number of fused-ring (bicyclic) bond motifs is 1. The van der Waals surface area contributed by atoms with Gasteiger partial charge in [0.25, 0.3) is 0 Å². The molecule has 2 aromatic heterocycles. The van der Waals surface area contributed by atoms with Crippen molar-refractivity contribution < 1.29 is 38.4 Å². The number of para-hydroxylation sites is 1. The van der Waals surface area contributed by atoms with Gasteiger partial charge in [0.2, 0.25) is 47.3 Å². The largest absolute Gasteiger partial charge is 0.368 e. The standard InChI is InChI=1S/C36H52N12O8S/c1-20(2)32(48-31(52)18-42-34(54)26(46-28(49)15-38-3)11-21-13-40-24-8-6-5-7-23(21)24)36(56)43-17-30(51)47-27(12-22-14-39-19-44-22)35(55)41-16-29(50)45-25(33(37)53)9-10-57-4/h5-8,13-14,19-20,25-27,32,38,40H,9-12,15-18H2,1-4H3,(H2,37,53)(H,39,44)(H,41,55)(H,42,54)(H,43,56)(H,45,50)(H,46,49)(H,47,51)(H,48,52)/t25-,26-,27-,32-/m0/s1. The van der Waals surface area contributed by atoms with Crippen molar-refractivity contribution in [2.75, 3.05) is 45.2 Å². The number of nitrogens with two attached hydrogens (primary N) is 1. The zero-order valence-electron chi connectivity index (χ0n) is 32.3. The van der Waals surface area contributed by atoms with Crippen LogP contribution >= 0.6 is 11.8 Å². The molecule has 1 aromatic carbocycles. The van der Waals surface area contributed by atoms with E-state index in [1.54, 1.807) is 27.1 Å². The van der Waals surface area contributed by atoms with Crippen molar-refractivity contribution in [1.82, 2.24) is 57.5 Å². The topological polar surface area (TPSA) is 303 Å². The molecule has 21 heteroatoms. The van der Waals surface area contributed by atoms with Gasteiger partial charge in [-0.1, -0.05) is 32.0 Å². The maximum absolute atomic E-state index is 13.3. The Morgan fingerprint density at radius 1 is 0.737 bits per heavy atom. The number of primary amides is 1. The molecule has 0 fully saturated rings. The van der Waals surface area contributed by atoms with Gasteiger partial charge in [0.15, 0.2) is 0 Å². The predicted octanol–water partition coefficient (Wildman–Crippen LogP) is -2.92. The van der Waals surface area contributed by atoms with Gasteiger partial charge in [-0.3, -0.25) is 38.4 Å². The van der Waals surface area contributed by atoms with Crippen molar-refractivity contribution in [2.24, 2.45) is 11.7 Å². The number of benzene rings is 1. The number of nitrogens with zero attached hydrogens (tertiary/aromatic N) is 1. The van der Waals surface area contributed by atoms with E-state index in [-0.39, 0.29) is 19.4 Å². The average Bonchev–Trinajstić information content (AvgIpc) is 3.85. The van der Waals surface area contributed by atoms with Gasteiger partial charge < -0.3 is 58.2 Å². The monoisotopic (exact) mass is 812 g/mol. The molecule has 0 aliphatic heterocycles. The molecule has 0 saturated heterocycles. The number of likely N-dealkylation sites (N-methyl/N-ethyl adjacent to an activating group) is 1. The van der Waals surface area contributed by atoms with Gasteiger partial charge in [0, 0.05) is 41.8 Å². The van der Waals surface area contributed by atoms with Crippen LogP contribution in [0.1, 0.15) is 31.5 Å². The summed E-state index contributed by atoms with van der Waals surface area (Å²) in [4.78, 5) is 112. The van der Waals surface area contributed by atoms with E-state index in [4.69, 9.17) is 5.73 Å². The van der Waals surface area contributed by atoms with Crippen LogP contribution in [0.25, 0.3) is 10.9 Å². The SMILES string of the molecule is CNCC(=O)N[C@@H](Cc1c[nH]c2ccccc12)C(=O)NCC(=O)N[C@H](C(=O)NCC(=O)N[C@@H](Cc1cnc[nH]1)C(=O)NCC(=O)N[C@@H](CCSC)C(N)=O)C(C)C. The fraction of sp³-hybridized carbons (Fsp3) is 0.472. The van der Waals surface area contributed by atoms with E-state index in [0.717, 1.165) is 16.5 Å². The van der Waals surface area contributed by atoms with Crippen molar-refractivity contribution in [3.63, 3.8) is 0 Å². The number of imidazole rings is 1. The molecule has 0 aliphatic carbocycles. The molecule has 0 aliphatic rings. The average molecular weight is 813 g/mol. The number of aromatic amines is 2. The van der Waals surface area contributed by atoms with Gasteiger partial charge in [-0.15, -0.1) is 0 Å². The number of aromatic nitrogens is 3. The number of hydrogen-bond acceptors (Lipinski definition) is 11. The number of rotatable bonds is 24. The van der Waals surface area contributed by atoms with Crippen LogP contribution in [0.3, 0.4) is 0 Å². The Balaban J connectivity index is 1.55. The van der Waals surface area contributed by atoms with E-state index in [1.807, 2.05) is 30.5 Å². The minimum atomic E-state index is -1.20. The highest BCUT2D eigenvalue weighted by Gasteiger charge is 2.28. The summed E-state index contributed by atoms with van der Waals surface area (Å²) in [5.74, 6) is -5.14. The van der Waals surface area contributed by atoms with Crippen molar-refractivity contribution in [3.05, 3.63) is 54.2 Å². The molecular formula is C36H52N12O8S. The first kappa shape index (κ1) is 45.4. The highest BCUT2D eigenvalue weighted by Crippen LogP contribution is 2.19. The lowest BCUT2D eigenvalue weighted by Gasteiger charge is -2.23. The van der Waals surface area contributed by atoms with Gasteiger partial charge in [0.1, 0.15) is 24.2 Å². The van der Waals surface area contributed by atoms with Gasteiger partial charge >= 0.3 is 0 Å². The zero-order chi connectivity index (χ0) is 41.9. The number of thioether (sulfide) groups is 1.